The van der Waals surface area contributed by atoms with Gasteiger partial charge in [-0.1, -0.05) is 48.9 Å². The molecule has 0 unspecified atom stereocenters. The summed E-state index contributed by atoms with van der Waals surface area (Å²) in [7, 11) is 0. The lowest BCUT2D eigenvalue weighted by atomic mass is 9.69. The Kier molecular flexibility index (Phi) is 5.92. The SMILES string of the molecule is O=C(c1ccc(C(F)(F)F)cc1)[C@@H]1[C@@H](c2ccccc2-c2ccccn2)CCC[C@@H]1O. The second-order valence-electron chi connectivity index (χ2n) is 7.87. The Balaban J connectivity index is 1.71. The maximum absolute atomic E-state index is 13.3. The van der Waals surface area contributed by atoms with E-state index in [2.05, 4.69) is 4.98 Å². The fourth-order valence-corrected chi connectivity index (χ4v) is 4.47. The lowest BCUT2D eigenvalue weighted by molar-refractivity contribution is -0.137. The average Bonchev–Trinajstić information content (AvgIpc) is 2.78. The summed E-state index contributed by atoms with van der Waals surface area (Å²) in [5, 5.41) is 10.8. The van der Waals surface area contributed by atoms with Crippen LogP contribution in [0.5, 0.6) is 0 Å². The number of carbonyl (C=O) groups excluding carboxylic acids is 1. The van der Waals surface area contributed by atoms with E-state index in [1.807, 2.05) is 42.5 Å². The second-order valence-corrected chi connectivity index (χ2v) is 7.87. The molecule has 3 aromatic rings. The molecular formula is C25H22F3NO2. The first kappa shape index (κ1) is 21.2. The highest BCUT2D eigenvalue weighted by Crippen LogP contribution is 2.43. The number of rotatable bonds is 4. The number of aliphatic hydroxyl groups excluding tert-OH is 1. The van der Waals surface area contributed by atoms with Gasteiger partial charge in [-0.15, -0.1) is 0 Å². The van der Waals surface area contributed by atoms with Crippen molar-refractivity contribution in [3.63, 3.8) is 0 Å². The minimum atomic E-state index is -4.46. The summed E-state index contributed by atoms with van der Waals surface area (Å²) in [4.78, 5) is 17.8. The molecule has 0 saturated heterocycles. The first-order valence-corrected chi connectivity index (χ1v) is 10.3. The molecule has 0 radical (unpaired) electrons. The van der Waals surface area contributed by atoms with E-state index in [9.17, 15) is 23.1 Å². The van der Waals surface area contributed by atoms with Crippen LogP contribution in [0.15, 0.2) is 72.9 Å². The molecule has 1 aromatic heterocycles. The predicted molar refractivity (Wildman–Crippen MR) is 112 cm³/mol. The largest absolute Gasteiger partial charge is 0.416 e. The van der Waals surface area contributed by atoms with Gasteiger partial charge >= 0.3 is 6.18 Å². The van der Waals surface area contributed by atoms with Gasteiger partial charge in [0.05, 0.1) is 23.3 Å². The number of nitrogens with zero attached hydrogens (tertiary/aromatic N) is 1. The van der Waals surface area contributed by atoms with Crippen LogP contribution in [0.4, 0.5) is 13.2 Å². The Morgan fingerprint density at radius 3 is 2.32 bits per heavy atom. The van der Waals surface area contributed by atoms with Crippen LogP contribution < -0.4 is 0 Å². The first-order chi connectivity index (χ1) is 14.9. The van der Waals surface area contributed by atoms with Crippen LogP contribution in [0.1, 0.15) is 46.7 Å². The molecular weight excluding hydrogens is 403 g/mol. The number of hydrogen-bond acceptors (Lipinski definition) is 3. The average molecular weight is 425 g/mol. The van der Waals surface area contributed by atoms with E-state index in [0.29, 0.717) is 12.8 Å². The predicted octanol–water partition coefficient (Wildman–Crippen LogP) is 5.89. The van der Waals surface area contributed by atoms with Crippen molar-refractivity contribution in [3.8, 4) is 11.3 Å². The maximum atomic E-state index is 13.3. The van der Waals surface area contributed by atoms with Gasteiger partial charge in [0, 0.05) is 17.3 Å². The van der Waals surface area contributed by atoms with Crippen molar-refractivity contribution in [3.05, 3.63) is 89.6 Å². The molecule has 4 rings (SSSR count). The molecule has 6 heteroatoms. The zero-order chi connectivity index (χ0) is 22.0. The summed E-state index contributed by atoms with van der Waals surface area (Å²) in [6, 6.07) is 17.5. The summed E-state index contributed by atoms with van der Waals surface area (Å²) in [5.41, 5.74) is 1.97. The van der Waals surface area contributed by atoms with Gasteiger partial charge in [-0.05, 0) is 48.6 Å². The summed E-state index contributed by atoms with van der Waals surface area (Å²) >= 11 is 0. The van der Waals surface area contributed by atoms with Crippen molar-refractivity contribution in [1.82, 2.24) is 4.98 Å². The molecule has 3 nitrogen and oxygen atoms in total. The number of halogens is 3. The van der Waals surface area contributed by atoms with Crippen LogP contribution in [0, 0.1) is 5.92 Å². The number of benzene rings is 2. The number of Topliss-reactive ketones (excluding diaryl/α,β-unsaturated/α-hetero) is 1. The minimum Gasteiger partial charge on any atom is -0.392 e. The van der Waals surface area contributed by atoms with Gasteiger partial charge < -0.3 is 5.11 Å². The smallest absolute Gasteiger partial charge is 0.392 e. The van der Waals surface area contributed by atoms with Crippen molar-refractivity contribution >= 4 is 5.78 Å². The number of alkyl halides is 3. The highest BCUT2D eigenvalue weighted by Gasteiger charge is 2.40. The van der Waals surface area contributed by atoms with Gasteiger partial charge in [0.2, 0.25) is 0 Å². The number of ketones is 1. The van der Waals surface area contributed by atoms with E-state index >= 15 is 0 Å². The third-order valence-electron chi connectivity index (χ3n) is 5.96. The van der Waals surface area contributed by atoms with Crippen LogP contribution in [0.2, 0.25) is 0 Å². The van der Waals surface area contributed by atoms with Gasteiger partial charge in [-0.3, -0.25) is 9.78 Å². The Morgan fingerprint density at radius 1 is 0.935 bits per heavy atom. The lowest BCUT2D eigenvalue weighted by Gasteiger charge is -2.36. The summed E-state index contributed by atoms with van der Waals surface area (Å²) in [6.07, 6.45) is -1.66. The zero-order valence-corrected chi connectivity index (χ0v) is 16.7. The second kappa shape index (κ2) is 8.63. The summed E-state index contributed by atoms with van der Waals surface area (Å²) < 4.78 is 38.7. The molecule has 1 N–H and O–H groups in total. The van der Waals surface area contributed by atoms with Crippen molar-refractivity contribution in [2.24, 2.45) is 5.92 Å². The number of pyridine rings is 1. The highest BCUT2D eigenvalue weighted by atomic mass is 19.4. The van der Waals surface area contributed by atoms with Gasteiger partial charge in [-0.2, -0.15) is 13.2 Å². The Hall–Kier alpha value is -2.99. The van der Waals surface area contributed by atoms with Crippen LogP contribution in [-0.4, -0.2) is 22.0 Å². The molecule has 0 bridgehead atoms. The first-order valence-electron chi connectivity index (χ1n) is 10.3. The number of aliphatic hydroxyl groups is 1. The van der Waals surface area contributed by atoms with E-state index < -0.39 is 23.8 Å². The molecule has 1 fully saturated rings. The Labute approximate surface area is 178 Å². The molecule has 1 saturated carbocycles. The number of aromatic nitrogens is 1. The van der Waals surface area contributed by atoms with E-state index in [1.54, 1.807) is 6.20 Å². The molecule has 0 aliphatic heterocycles. The van der Waals surface area contributed by atoms with Gasteiger partial charge in [-0.25, -0.2) is 0 Å². The van der Waals surface area contributed by atoms with Crippen molar-refractivity contribution in [2.45, 2.75) is 37.5 Å². The maximum Gasteiger partial charge on any atom is 0.416 e. The molecule has 1 aliphatic carbocycles. The molecule has 2 aromatic carbocycles. The standard InChI is InChI=1S/C25H22F3NO2/c26-25(27,28)17-13-11-16(12-14-17)24(31)23-20(8-5-10-22(23)30)18-6-1-2-7-19(18)21-9-3-4-15-29-21/h1-4,6-7,9,11-15,20,22-23,30H,5,8,10H2/t20-,22+,23-/m1/s1. The number of carbonyl (C=O) groups is 1. The highest BCUT2D eigenvalue weighted by molar-refractivity contribution is 5.99. The Bertz CT molecular complexity index is 1050. The van der Waals surface area contributed by atoms with Crippen LogP contribution >= 0.6 is 0 Å². The van der Waals surface area contributed by atoms with Gasteiger partial charge in [0.15, 0.2) is 5.78 Å². The van der Waals surface area contributed by atoms with Crippen molar-refractivity contribution in [1.29, 1.82) is 0 Å². The van der Waals surface area contributed by atoms with E-state index in [4.69, 9.17) is 0 Å². The topological polar surface area (TPSA) is 50.2 Å². The normalized spacial score (nSPS) is 21.6. The van der Waals surface area contributed by atoms with E-state index in [1.165, 1.54) is 12.1 Å². The van der Waals surface area contributed by atoms with E-state index in [-0.39, 0.29) is 17.3 Å². The zero-order valence-electron chi connectivity index (χ0n) is 16.7. The quantitative estimate of drug-likeness (QED) is 0.530. The molecule has 31 heavy (non-hydrogen) atoms. The Morgan fingerprint density at radius 2 is 1.65 bits per heavy atom. The molecule has 1 aliphatic rings. The summed E-state index contributed by atoms with van der Waals surface area (Å²) in [5.74, 6) is -1.31. The van der Waals surface area contributed by atoms with Gasteiger partial charge in [0.1, 0.15) is 0 Å². The van der Waals surface area contributed by atoms with Crippen LogP contribution in [0.3, 0.4) is 0 Å². The van der Waals surface area contributed by atoms with Crippen LogP contribution in [0.25, 0.3) is 11.3 Å². The minimum absolute atomic E-state index is 0.180. The summed E-state index contributed by atoms with van der Waals surface area (Å²) in [6.45, 7) is 0. The fraction of sp³-hybridized carbons (Fsp3) is 0.280. The third-order valence-corrected chi connectivity index (χ3v) is 5.96. The molecule has 0 spiro atoms. The fourth-order valence-electron chi connectivity index (χ4n) is 4.47. The van der Waals surface area contributed by atoms with E-state index in [0.717, 1.165) is 35.4 Å². The lowest BCUT2D eigenvalue weighted by Crippen LogP contribution is -2.37. The van der Waals surface area contributed by atoms with Crippen LogP contribution in [-0.2, 0) is 6.18 Å². The molecule has 1 heterocycles. The third kappa shape index (κ3) is 4.39. The van der Waals surface area contributed by atoms with Gasteiger partial charge in [0.25, 0.3) is 0 Å². The number of hydrogen-bond donors (Lipinski definition) is 1. The monoisotopic (exact) mass is 425 g/mol. The molecule has 0 amide bonds. The van der Waals surface area contributed by atoms with Crippen molar-refractivity contribution < 1.29 is 23.1 Å². The van der Waals surface area contributed by atoms with Crippen molar-refractivity contribution in [2.75, 3.05) is 0 Å². The molecule has 3 atom stereocenters. The molecule has 160 valence electrons.